The predicted octanol–water partition coefficient (Wildman–Crippen LogP) is 1.91. The van der Waals surface area contributed by atoms with Crippen molar-refractivity contribution < 1.29 is 9.90 Å². The average Bonchev–Trinajstić information content (AvgIpc) is 2.53. The molecule has 1 aliphatic rings. The second-order valence-corrected chi connectivity index (χ2v) is 5.55. The van der Waals surface area contributed by atoms with Crippen LogP contribution in [0.2, 0.25) is 0 Å². The van der Waals surface area contributed by atoms with Crippen LogP contribution in [-0.4, -0.2) is 33.6 Å². The van der Waals surface area contributed by atoms with Crippen LogP contribution in [0.15, 0.2) is 30.6 Å². The molecule has 1 amide bonds. The van der Waals surface area contributed by atoms with Gasteiger partial charge >= 0.3 is 0 Å². The Kier molecular flexibility index (Phi) is 4.10. The summed E-state index contributed by atoms with van der Waals surface area (Å²) in [4.78, 5) is 20.8. The highest BCUT2D eigenvalue weighted by atomic mass is 16.3. The summed E-state index contributed by atoms with van der Waals surface area (Å²) in [5, 5.41) is 12.9. The Hall–Kier alpha value is -2.01. The fraction of sp³-hybridized carbons (Fsp3) is 0.438. The molecule has 110 valence electrons. The number of hydrogen-bond donors (Lipinski definition) is 2. The first-order valence-electron chi connectivity index (χ1n) is 7.41. The zero-order valence-corrected chi connectivity index (χ0v) is 11.8. The van der Waals surface area contributed by atoms with E-state index in [1.165, 1.54) is 0 Å². The van der Waals surface area contributed by atoms with Gasteiger partial charge in [-0.15, -0.1) is 0 Å². The van der Waals surface area contributed by atoms with Crippen molar-refractivity contribution in [2.24, 2.45) is 5.92 Å². The molecule has 1 saturated carbocycles. The molecule has 2 N–H and O–H groups in total. The second-order valence-electron chi connectivity index (χ2n) is 5.55. The van der Waals surface area contributed by atoms with E-state index in [0.717, 1.165) is 25.7 Å². The monoisotopic (exact) mass is 285 g/mol. The molecule has 1 fully saturated rings. The van der Waals surface area contributed by atoms with Gasteiger partial charge in [0, 0.05) is 24.9 Å². The van der Waals surface area contributed by atoms with E-state index in [4.69, 9.17) is 0 Å². The Balaban J connectivity index is 1.72. The summed E-state index contributed by atoms with van der Waals surface area (Å²) in [7, 11) is 0. The number of benzene rings is 1. The maximum absolute atomic E-state index is 12.3. The third-order valence-electron chi connectivity index (χ3n) is 4.14. The van der Waals surface area contributed by atoms with Crippen LogP contribution in [-0.2, 0) is 0 Å². The maximum Gasteiger partial charge on any atom is 0.253 e. The lowest BCUT2D eigenvalue weighted by Gasteiger charge is -2.27. The number of nitrogens with one attached hydrogen (secondary N) is 1. The van der Waals surface area contributed by atoms with E-state index in [1.807, 2.05) is 6.07 Å². The molecule has 1 heterocycles. The van der Waals surface area contributed by atoms with Crippen LogP contribution < -0.4 is 5.32 Å². The van der Waals surface area contributed by atoms with Gasteiger partial charge in [0.1, 0.15) is 5.52 Å². The van der Waals surface area contributed by atoms with Gasteiger partial charge < -0.3 is 10.4 Å². The van der Waals surface area contributed by atoms with Crippen molar-refractivity contribution in [3.63, 3.8) is 0 Å². The quantitative estimate of drug-likeness (QED) is 0.903. The van der Waals surface area contributed by atoms with Gasteiger partial charge in [0.2, 0.25) is 0 Å². The SMILES string of the molecule is O=C(NCC1CCCCC1O)c1cccc2nccnc12. The number of aliphatic hydroxyl groups is 1. The normalized spacial score (nSPS) is 22.1. The summed E-state index contributed by atoms with van der Waals surface area (Å²) in [6.45, 7) is 0.511. The number of para-hydroxylation sites is 1. The van der Waals surface area contributed by atoms with Gasteiger partial charge in [-0.25, -0.2) is 0 Å². The number of amides is 1. The summed E-state index contributed by atoms with van der Waals surface area (Å²) in [5.74, 6) is 0.00244. The molecule has 0 aliphatic heterocycles. The summed E-state index contributed by atoms with van der Waals surface area (Å²) in [6, 6.07) is 5.40. The number of nitrogens with zero attached hydrogens (tertiary/aromatic N) is 2. The number of fused-ring (bicyclic) bond motifs is 1. The Morgan fingerprint density at radius 2 is 2.05 bits per heavy atom. The zero-order chi connectivity index (χ0) is 14.7. The smallest absolute Gasteiger partial charge is 0.253 e. The largest absolute Gasteiger partial charge is 0.393 e. The van der Waals surface area contributed by atoms with Crippen LogP contribution in [0, 0.1) is 5.92 Å². The van der Waals surface area contributed by atoms with Gasteiger partial charge in [0.25, 0.3) is 5.91 Å². The number of hydrogen-bond acceptors (Lipinski definition) is 4. The van der Waals surface area contributed by atoms with Crippen molar-refractivity contribution in [1.82, 2.24) is 15.3 Å². The van der Waals surface area contributed by atoms with Crippen molar-refractivity contribution in [2.45, 2.75) is 31.8 Å². The minimum absolute atomic E-state index is 0.154. The second kappa shape index (κ2) is 6.18. The number of carbonyl (C=O) groups excluding carboxylic acids is 1. The molecule has 5 heteroatoms. The van der Waals surface area contributed by atoms with Crippen LogP contribution in [0.3, 0.4) is 0 Å². The summed E-state index contributed by atoms with van der Waals surface area (Å²) in [5.41, 5.74) is 1.86. The number of rotatable bonds is 3. The van der Waals surface area contributed by atoms with Gasteiger partial charge in [-0.05, 0) is 25.0 Å². The van der Waals surface area contributed by atoms with Gasteiger partial charge in [0.05, 0.1) is 17.2 Å². The highest BCUT2D eigenvalue weighted by Gasteiger charge is 2.23. The van der Waals surface area contributed by atoms with E-state index < -0.39 is 0 Å². The minimum Gasteiger partial charge on any atom is -0.393 e. The lowest BCUT2D eigenvalue weighted by molar-refractivity contribution is 0.0663. The van der Waals surface area contributed by atoms with E-state index in [1.54, 1.807) is 24.5 Å². The molecule has 2 aromatic rings. The lowest BCUT2D eigenvalue weighted by Crippen LogP contribution is -2.36. The van der Waals surface area contributed by atoms with E-state index in [0.29, 0.717) is 23.1 Å². The summed E-state index contributed by atoms with van der Waals surface area (Å²) in [6.07, 6.45) is 6.90. The lowest BCUT2D eigenvalue weighted by atomic mass is 9.86. The molecule has 3 rings (SSSR count). The highest BCUT2D eigenvalue weighted by molar-refractivity contribution is 6.04. The third kappa shape index (κ3) is 3.03. The maximum atomic E-state index is 12.3. The Morgan fingerprint density at radius 3 is 2.90 bits per heavy atom. The van der Waals surface area contributed by atoms with Crippen molar-refractivity contribution in [3.8, 4) is 0 Å². The third-order valence-corrected chi connectivity index (χ3v) is 4.14. The average molecular weight is 285 g/mol. The van der Waals surface area contributed by atoms with E-state index in [-0.39, 0.29) is 17.9 Å². The molecule has 0 radical (unpaired) electrons. The van der Waals surface area contributed by atoms with Crippen LogP contribution in [0.5, 0.6) is 0 Å². The zero-order valence-electron chi connectivity index (χ0n) is 11.8. The molecule has 1 aromatic heterocycles. The van der Waals surface area contributed by atoms with Crippen molar-refractivity contribution in [2.75, 3.05) is 6.54 Å². The van der Waals surface area contributed by atoms with Crippen molar-refractivity contribution in [1.29, 1.82) is 0 Å². The molecular formula is C16H19N3O2. The first-order valence-corrected chi connectivity index (χ1v) is 7.41. The summed E-state index contributed by atoms with van der Waals surface area (Å²) >= 11 is 0. The number of aliphatic hydroxyl groups excluding tert-OH is 1. The van der Waals surface area contributed by atoms with Gasteiger partial charge in [-0.2, -0.15) is 0 Å². The fourth-order valence-electron chi connectivity index (χ4n) is 2.92. The standard InChI is InChI=1S/C16H19N3O2/c20-14-7-2-1-4-11(14)10-19-16(21)12-5-3-6-13-15(12)18-9-8-17-13/h3,5-6,8-9,11,14,20H,1-2,4,7,10H2,(H,19,21). The molecule has 2 unspecified atom stereocenters. The van der Waals surface area contributed by atoms with E-state index in [2.05, 4.69) is 15.3 Å². The molecule has 2 atom stereocenters. The molecule has 1 aromatic carbocycles. The Labute approximate surface area is 123 Å². The predicted molar refractivity (Wildman–Crippen MR) is 79.8 cm³/mol. The first kappa shape index (κ1) is 13.9. The topological polar surface area (TPSA) is 75.1 Å². The van der Waals surface area contributed by atoms with Crippen molar-refractivity contribution in [3.05, 3.63) is 36.2 Å². The number of aromatic nitrogens is 2. The molecule has 5 nitrogen and oxygen atoms in total. The summed E-state index contributed by atoms with van der Waals surface area (Å²) < 4.78 is 0. The molecule has 21 heavy (non-hydrogen) atoms. The van der Waals surface area contributed by atoms with Gasteiger partial charge in [-0.1, -0.05) is 18.9 Å². The molecule has 0 bridgehead atoms. The minimum atomic E-state index is -0.300. The van der Waals surface area contributed by atoms with Crippen LogP contribution in [0.4, 0.5) is 0 Å². The van der Waals surface area contributed by atoms with Crippen LogP contribution in [0.25, 0.3) is 11.0 Å². The first-order chi connectivity index (χ1) is 10.3. The fourth-order valence-corrected chi connectivity index (χ4v) is 2.92. The highest BCUT2D eigenvalue weighted by Crippen LogP contribution is 2.23. The number of carbonyl (C=O) groups is 1. The molecule has 0 saturated heterocycles. The molecular weight excluding hydrogens is 266 g/mol. The Bertz CT molecular complexity index is 639. The molecule has 1 aliphatic carbocycles. The van der Waals surface area contributed by atoms with Gasteiger partial charge in [-0.3, -0.25) is 14.8 Å². The van der Waals surface area contributed by atoms with Crippen molar-refractivity contribution >= 4 is 16.9 Å². The van der Waals surface area contributed by atoms with Gasteiger partial charge in [0.15, 0.2) is 0 Å². The molecule has 0 spiro atoms. The van der Waals surface area contributed by atoms with Crippen LogP contribution in [0.1, 0.15) is 36.0 Å². The van der Waals surface area contributed by atoms with Crippen LogP contribution >= 0.6 is 0 Å². The Morgan fingerprint density at radius 1 is 1.24 bits per heavy atom. The van der Waals surface area contributed by atoms with E-state index in [9.17, 15) is 9.90 Å². The van der Waals surface area contributed by atoms with E-state index >= 15 is 0 Å².